The van der Waals surface area contributed by atoms with Crippen LogP contribution < -0.4 is 31.0 Å². The molecule has 3 aromatic rings. The molecule has 6 heterocycles. The van der Waals surface area contributed by atoms with Gasteiger partial charge in [0.05, 0.1) is 134 Å². The van der Waals surface area contributed by atoms with E-state index in [4.69, 9.17) is 61.8 Å². The van der Waals surface area contributed by atoms with Gasteiger partial charge in [-0.1, -0.05) is 27.2 Å². The molecule has 3 atom stereocenters. The zero-order valence-corrected chi connectivity index (χ0v) is 59.3. The van der Waals surface area contributed by atoms with Crippen LogP contribution in [0.2, 0.25) is 0 Å². The summed E-state index contributed by atoms with van der Waals surface area (Å²) in [7, 11) is 0. The Hall–Kier alpha value is -7.61. The van der Waals surface area contributed by atoms with Crippen LogP contribution in [-0.4, -0.2) is 210 Å². The number of fused-ring (bicyclic) bond motifs is 6. The summed E-state index contributed by atoms with van der Waals surface area (Å²) in [6.07, 6.45) is 6.23. The maximum Gasteiger partial charge on any atom is 0.407 e. The standard InChI is InChI=1S/C72H102N6O23/c1-7-72(89)56-42-59-66-54(45-78(59)68(86)55(56)46-98-69(72)87)53(52-41-61-62(100-47-99-61)43-58(52)75-66)44-74-63(82)18-17-60(81)57(16-10-11-22-73-70(88)101-71(4,5)6)76-67(85)51(48(2)3)40-50(80)21-25-91-27-29-93-31-33-95-35-37-97-39-38-96-36-34-94-32-30-92-28-26-90-24-13-15-49(79)14-9-8-12-23-77-64(83)19-20-65(77)84/h19-20,41-43,48,51,57,89H,7-18,21-40,44-47H2,1-6H3,(H,73,88)(H,74,82)(H,76,85)/t51-,57-,72-/m0/s1. The fourth-order valence-corrected chi connectivity index (χ4v) is 11.7. The molecule has 0 fully saturated rings. The molecule has 1 aromatic carbocycles. The molecular formula is C72H102N6O23. The Morgan fingerprint density at radius 3 is 1.82 bits per heavy atom. The summed E-state index contributed by atoms with van der Waals surface area (Å²) in [5.41, 5.74) is -0.372. The van der Waals surface area contributed by atoms with Crippen LogP contribution in [0.25, 0.3) is 22.3 Å². The molecule has 4 aliphatic heterocycles. The van der Waals surface area contributed by atoms with Crippen LogP contribution in [0, 0.1) is 11.8 Å². The van der Waals surface area contributed by atoms with Gasteiger partial charge in [0.15, 0.2) is 22.9 Å². The minimum Gasteiger partial charge on any atom is -0.458 e. The number of ketones is 3. The number of benzene rings is 1. The third-order valence-electron chi connectivity index (χ3n) is 17.4. The van der Waals surface area contributed by atoms with Gasteiger partial charge in [-0.05, 0) is 89.3 Å². The maximum atomic E-state index is 14.1. The average molecular weight is 1420 g/mol. The Morgan fingerprint density at radius 1 is 0.644 bits per heavy atom. The van der Waals surface area contributed by atoms with Crippen molar-refractivity contribution in [2.24, 2.45) is 11.8 Å². The molecule has 0 saturated heterocycles. The lowest BCUT2D eigenvalue weighted by atomic mass is 9.86. The zero-order chi connectivity index (χ0) is 72.7. The van der Waals surface area contributed by atoms with Gasteiger partial charge in [-0.15, -0.1) is 0 Å². The smallest absolute Gasteiger partial charge is 0.407 e. The molecule has 101 heavy (non-hydrogen) atoms. The summed E-state index contributed by atoms with van der Waals surface area (Å²) in [5.74, 6) is -2.92. The number of ether oxygens (including phenoxy) is 12. The number of unbranched alkanes of at least 4 members (excludes halogenated alkanes) is 3. The van der Waals surface area contributed by atoms with E-state index in [1.54, 1.807) is 45.9 Å². The minimum absolute atomic E-state index is 0.00972. The second-order valence-corrected chi connectivity index (χ2v) is 26.3. The van der Waals surface area contributed by atoms with Crippen molar-refractivity contribution in [3.05, 3.63) is 63.0 Å². The van der Waals surface area contributed by atoms with Gasteiger partial charge < -0.3 is 82.5 Å². The number of pyridine rings is 2. The number of aliphatic hydroxyl groups is 1. The number of nitrogens with zero attached hydrogens (tertiary/aromatic N) is 3. The molecule has 0 saturated carbocycles. The summed E-state index contributed by atoms with van der Waals surface area (Å²) in [6.45, 7) is 16.7. The SMILES string of the molecule is CC[C@@]1(O)C(=O)OCc2c1cc1n(c2=O)Cc2c-1nc1cc3c(cc1c2CNC(=O)CCC(=O)[C@H](CCCCNC(=O)OC(C)(C)C)NC(=O)[C@@H](CC(=O)CCOCCOCCOCCOCCOCCOCCOCCOCCCC(=O)CCCCCN1C(=O)C=CC1=O)C(C)C)OCO3. The Labute approximate surface area is 588 Å². The van der Waals surface area contributed by atoms with Gasteiger partial charge in [0.1, 0.15) is 23.8 Å². The molecular weight excluding hydrogens is 1320 g/mol. The number of aromatic nitrogens is 2. The van der Waals surface area contributed by atoms with E-state index in [0.717, 1.165) is 12.8 Å². The predicted octanol–water partition coefficient (Wildman–Crippen LogP) is 5.54. The number of rotatable bonds is 51. The minimum atomic E-state index is -2.04. The molecule has 558 valence electrons. The lowest BCUT2D eigenvalue weighted by Crippen LogP contribution is -2.45. The van der Waals surface area contributed by atoms with E-state index >= 15 is 0 Å². The zero-order valence-electron chi connectivity index (χ0n) is 59.3. The normalized spacial score (nSPS) is 15.8. The van der Waals surface area contributed by atoms with E-state index in [0.29, 0.717) is 176 Å². The van der Waals surface area contributed by atoms with Crippen molar-refractivity contribution < 1.29 is 105 Å². The van der Waals surface area contributed by atoms with Gasteiger partial charge >= 0.3 is 12.1 Å². The Kier molecular flexibility index (Phi) is 33.1. The van der Waals surface area contributed by atoms with Crippen LogP contribution in [0.15, 0.2) is 35.1 Å². The summed E-state index contributed by atoms with van der Waals surface area (Å²) in [5, 5.41) is 20.6. The van der Waals surface area contributed by atoms with Crippen molar-refractivity contribution in [2.45, 2.75) is 168 Å². The Balaban J connectivity index is 0.734. The van der Waals surface area contributed by atoms with Crippen LogP contribution >= 0.6 is 0 Å². The number of alkyl carbamates (subject to hydrolysis) is 1. The molecule has 29 nitrogen and oxygen atoms in total. The molecule has 0 bridgehead atoms. The van der Waals surface area contributed by atoms with Gasteiger partial charge in [-0.25, -0.2) is 14.6 Å². The van der Waals surface area contributed by atoms with Crippen LogP contribution in [0.3, 0.4) is 0 Å². The number of imide groups is 1. The van der Waals surface area contributed by atoms with Crippen molar-refractivity contribution in [1.82, 2.24) is 30.4 Å². The number of nitrogens with one attached hydrogen (secondary N) is 3. The number of amides is 5. The number of Topliss-reactive ketones (excluding diaryl/α,β-unsaturated/α-hetero) is 3. The Bertz CT molecular complexity index is 3380. The number of carbonyl (C=O) groups excluding carboxylic acids is 9. The molecule has 4 N–H and O–H groups in total. The highest BCUT2D eigenvalue weighted by atomic mass is 16.7. The first kappa shape index (κ1) is 80.7. The van der Waals surface area contributed by atoms with Crippen molar-refractivity contribution in [1.29, 1.82) is 0 Å². The summed E-state index contributed by atoms with van der Waals surface area (Å²) >= 11 is 0. The predicted molar refractivity (Wildman–Crippen MR) is 364 cm³/mol. The topological polar surface area (TPSA) is 359 Å². The fraction of sp³-hybridized carbons (Fsp3) is 0.653. The lowest BCUT2D eigenvalue weighted by molar-refractivity contribution is -0.172. The second-order valence-electron chi connectivity index (χ2n) is 26.3. The Morgan fingerprint density at radius 2 is 1.23 bits per heavy atom. The molecule has 0 aliphatic carbocycles. The van der Waals surface area contributed by atoms with Gasteiger partial charge in [0.25, 0.3) is 17.4 Å². The van der Waals surface area contributed by atoms with Gasteiger partial charge in [-0.3, -0.25) is 43.3 Å². The second kappa shape index (κ2) is 41.5. The number of hydrogen-bond donors (Lipinski definition) is 4. The quantitative estimate of drug-likeness (QED) is 0.0239. The van der Waals surface area contributed by atoms with Crippen molar-refractivity contribution in [3.63, 3.8) is 0 Å². The van der Waals surface area contributed by atoms with Gasteiger partial charge in [0.2, 0.25) is 18.6 Å². The van der Waals surface area contributed by atoms with Crippen molar-refractivity contribution in [3.8, 4) is 22.9 Å². The molecule has 5 amide bonds. The highest BCUT2D eigenvalue weighted by Crippen LogP contribution is 2.43. The molecule has 2 aromatic heterocycles. The van der Waals surface area contributed by atoms with Crippen molar-refractivity contribution in [2.75, 3.05) is 126 Å². The van der Waals surface area contributed by atoms with Crippen LogP contribution in [0.5, 0.6) is 11.5 Å². The highest BCUT2D eigenvalue weighted by molar-refractivity contribution is 6.12. The number of hydrogen-bond acceptors (Lipinski definition) is 24. The van der Waals surface area contributed by atoms with Crippen LogP contribution in [0.1, 0.15) is 154 Å². The average Bonchev–Trinajstić information content (AvgIpc) is 1.59. The number of cyclic esters (lactones) is 1. The summed E-state index contributed by atoms with van der Waals surface area (Å²) < 4.78 is 68.0. The summed E-state index contributed by atoms with van der Waals surface area (Å²) in [6, 6.07) is 4.05. The van der Waals surface area contributed by atoms with E-state index < -0.39 is 58.4 Å². The molecule has 0 unspecified atom stereocenters. The molecule has 0 spiro atoms. The first-order valence-electron chi connectivity index (χ1n) is 35.3. The molecule has 0 radical (unpaired) electrons. The molecule has 4 aliphatic rings. The lowest BCUT2D eigenvalue weighted by Gasteiger charge is -2.31. The van der Waals surface area contributed by atoms with Crippen molar-refractivity contribution >= 4 is 63.9 Å². The summed E-state index contributed by atoms with van der Waals surface area (Å²) in [4.78, 5) is 136. The van der Waals surface area contributed by atoms with E-state index in [9.17, 15) is 53.1 Å². The first-order chi connectivity index (χ1) is 48.6. The van der Waals surface area contributed by atoms with Crippen LogP contribution in [0.4, 0.5) is 4.79 Å². The van der Waals surface area contributed by atoms with E-state index in [1.165, 1.54) is 21.6 Å². The van der Waals surface area contributed by atoms with Gasteiger partial charge in [-0.2, -0.15) is 0 Å². The third-order valence-corrected chi connectivity index (χ3v) is 17.4. The van der Waals surface area contributed by atoms with E-state index in [1.807, 2.05) is 13.8 Å². The molecule has 7 rings (SSSR count). The van der Waals surface area contributed by atoms with E-state index in [-0.39, 0.29) is 132 Å². The monoisotopic (exact) mass is 1420 g/mol. The largest absolute Gasteiger partial charge is 0.458 e. The third kappa shape index (κ3) is 25.4. The number of carbonyl (C=O) groups is 9. The van der Waals surface area contributed by atoms with Crippen LogP contribution in [-0.2, 0) is 111 Å². The van der Waals surface area contributed by atoms with Gasteiger partial charge in [0, 0.05) is 105 Å². The maximum absolute atomic E-state index is 14.1. The number of esters is 1. The fourth-order valence-electron chi connectivity index (χ4n) is 11.7. The van der Waals surface area contributed by atoms with E-state index in [2.05, 4.69) is 16.0 Å². The first-order valence-corrected chi connectivity index (χ1v) is 35.3. The molecule has 29 heteroatoms. The highest BCUT2D eigenvalue weighted by Gasteiger charge is 2.46.